The molecule has 2 aromatic heterocycles. The van der Waals surface area contributed by atoms with Crippen LogP contribution >= 0.6 is 15.9 Å². The van der Waals surface area contributed by atoms with Crippen LogP contribution < -0.4 is 4.74 Å². The summed E-state index contributed by atoms with van der Waals surface area (Å²) in [6.45, 7) is 1.98. The van der Waals surface area contributed by atoms with Crippen LogP contribution in [0.5, 0.6) is 5.75 Å². The first-order valence-corrected chi connectivity index (χ1v) is 8.58. The molecule has 0 radical (unpaired) electrons. The van der Waals surface area contributed by atoms with E-state index in [0.29, 0.717) is 23.9 Å². The third-order valence-electron chi connectivity index (χ3n) is 4.08. The fourth-order valence-electron chi connectivity index (χ4n) is 2.74. The van der Waals surface area contributed by atoms with Crippen molar-refractivity contribution in [1.29, 1.82) is 0 Å². The van der Waals surface area contributed by atoms with Crippen LogP contribution in [0, 0.1) is 6.92 Å². The highest BCUT2D eigenvalue weighted by atomic mass is 79.9. The molecule has 2 aromatic carbocycles. The van der Waals surface area contributed by atoms with E-state index in [-0.39, 0.29) is 0 Å². The Labute approximate surface area is 152 Å². The second kappa shape index (κ2) is 6.37. The van der Waals surface area contributed by atoms with E-state index in [1.807, 2.05) is 49.4 Å². The van der Waals surface area contributed by atoms with Crippen molar-refractivity contribution in [1.82, 2.24) is 10.1 Å². The van der Waals surface area contributed by atoms with Gasteiger partial charge in [-0.25, -0.2) is 0 Å². The van der Waals surface area contributed by atoms with Crippen LogP contribution in [0.2, 0.25) is 0 Å². The SMILES string of the molecule is COc1ccc2oc(-c3noc(Cc4ccc(Br)cc4)n3)c(C)c2c1. The summed E-state index contributed by atoms with van der Waals surface area (Å²) in [7, 11) is 1.64. The number of halogens is 1. The number of hydrogen-bond donors (Lipinski definition) is 0. The highest BCUT2D eigenvalue weighted by Gasteiger charge is 2.18. The second-order valence-corrected chi connectivity index (χ2v) is 6.65. The molecule has 5 nitrogen and oxygen atoms in total. The van der Waals surface area contributed by atoms with E-state index >= 15 is 0 Å². The van der Waals surface area contributed by atoms with Crippen molar-refractivity contribution in [2.45, 2.75) is 13.3 Å². The van der Waals surface area contributed by atoms with E-state index < -0.39 is 0 Å². The fourth-order valence-corrected chi connectivity index (χ4v) is 3.00. The molecule has 2 heterocycles. The van der Waals surface area contributed by atoms with Crippen molar-refractivity contribution in [2.24, 2.45) is 0 Å². The Balaban J connectivity index is 1.66. The van der Waals surface area contributed by atoms with Gasteiger partial charge in [0, 0.05) is 15.4 Å². The maximum absolute atomic E-state index is 5.92. The second-order valence-electron chi connectivity index (χ2n) is 5.73. The number of benzene rings is 2. The molecular weight excluding hydrogens is 384 g/mol. The van der Waals surface area contributed by atoms with Crippen molar-refractivity contribution >= 4 is 26.9 Å². The van der Waals surface area contributed by atoms with Gasteiger partial charge >= 0.3 is 0 Å². The Kier molecular flexibility index (Phi) is 4.05. The third kappa shape index (κ3) is 3.05. The van der Waals surface area contributed by atoms with Gasteiger partial charge in [0.25, 0.3) is 0 Å². The van der Waals surface area contributed by atoms with Crippen LogP contribution in [0.4, 0.5) is 0 Å². The molecule has 0 aliphatic carbocycles. The van der Waals surface area contributed by atoms with Crippen LogP contribution in [0.15, 0.2) is 55.9 Å². The lowest BCUT2D eigenvalue weighted by Crippen LogP contribution is -1.88. The minimum Gasteiger partial charge on any atom is -0.497 e. The summed E-state index contributed by atoms with van der Waals surface area (Å²) in [5, 5.41) is 5.06. The first kappa shape index (κ1) is 15.9. The molecule has 0 unspecified atom stereocenters. The molecule has 0 saturated carbocycles. The van der Waals surface area contributed by atoms with Crippen LogP contribution in [-0.4, -0.2) is 17.3 Å². The number of furan rings is 1. The number of methoxy groups -OCH3 is 1. The van der Waals surface area contributed by atoms with Crippen LogP contribution in [0.25, 0.3) is 22.6 Å². The summed E-state index contributed by atoms with van der Waals surface area (Å²) in [4.78, 5) is 4.48. The molecule has 0 spiro atoms. The van der Waals surface area contributed by atoms with E-state index in [1.54, 1.807) is 7.11 Å². The Morgan fingerprint density at radius 2 is 1.92 bits per heavy atom. The Hall–Kier alpha value is -2.60. The van der Waals surface area contributed by atoms with Crippen LogP contribution in [0.3, 0.4) is 0 Å². The predicted molar refractivity (Wildman–Crippen MR) is 97.7 cm³/mol. The third-order valence-corrected chi connectivity index (χ3v) is 4.61. The number of fused-ring (bicyclic) bond motifs is 1. The number of hydrogen-bond acceptors (Lipinski definition) is 5. The summed E-state index contributed by atoms with van der Waals surface area (Å²) < 4.78 is 17.6. The van der Waals surface area contributed by atoms with E-state index in [1.165, 1.54) is 0 Å². The average Bonchev–Trinajstić information content (AvgIpc) is 3.21. The zero-order valence-electron chi connectivity index (χ0n) is 13.7. The first-order chi connectivity index (χ1) is 12.1. The number of nitrogens with zero attached hydrogens (tertiary/aromatic N) is 2. The molecule has 6 heteroatoms. The van der Waals surface area contributed by atoms with E-state index in [9.17, 15) is 0 Å². The normalized spacial score (nSPS) is 11.2. The summed E-state index contributed by atoms with van der Waals surface area (Å²) in [6, 6.07) is 13.7. The van der Waals surface area contributed by atoms with Crippen LogP contribution in [-0.2, 0) is 6.42 Å². The van der Waals surface area contributed by atoms with Gasteiger partial charge in [-0.3, -0.25) is 0 Å². The first-order valence-electron chi connectivity index (χ1n) is 7.78. The molecule has 0 amide bonds. The van der Waals surface area contributed by atoms with Crippen molar-refractivity contribution < 1.29 is 13.7 Å². The topological polar surface area (TPSA) is 61.3 Å². The van der Waals surface area contributed by atoms with Crippen molar-refractivity contribution in [3.63, 3.8) is 0 Å². The summed E-state index contributed by atoms with van der Waals surface area (Å²) >= 11 is 3.43. The highest BCUT2D eigenvalue weighted by molar-refractivity contribution is 9.10. The molecule has 25 heavy (non-hydrogen) atoms. The minimum absolute atomic E-state index is 0.458. The zero-order chi connectivity index (χ0) is 17.4. The van der Waals surface area contributed by atoms with Gasteiger partial charge in [-0.05, 0) is 42.8 Å². The monoisotopic (exact) mass is 398 g/mol. The molecule has 4 rings (SSSR count). The van der Waals surface area contributed by atoms with Gasteiger partial charge in [0.05, 0.1) is 13.5 Å². The molecule has 0 atom stereocenters. The summed E-state index contributed by atoms with van der Waals surface area (Å²) in [5.74, 6) is 2.41. The van der Waals surface area contributed by atoms with Gasteiger partial charge in [-0.1, -0.05) is 33.2 Å². The van der Waals surface area contributed by atoms with Gasteiger partial charge in [0.2, 0.25) is 11.7 Å². The summed E-state index contributed by atoms with van der Waals surface area (Å²) in [5.41, 5.74) is 2.84. The standard InChI is InChI=1S/C19H15BrN2O3/c1-11-15-10-14(23-2)7-8-16(15)24-18(11)19-21-17(25-22-19)9-12-3-5-13(20)6-4-12/h3-8,10H,9H2,1-2H3. The largest absolute Gasteiger partial charge is 0.497 e. The van der Waals surface area contributed by atoms with E-state index in [0.717, 1.165) is 32.3 Å². The minimum atomic E-state index is 0.458. The van der Waals surface area contributed by atoms with Gasteiger partial charge in [0.15, 0.2) is 5.76 Å². The molecule has 0 N–H and O–H groups in total. The number of rotatable bonds is 4. The van der Waals surface area contributed by atoms with Crippen molar-refractivity contribution in [3.8, 4) is 17.3 Å². The number of aromatic nitrogens is 2. The number of aryl methyl sites for hydroxylation is 1. The van der Waals surface area contributed by atoms with E-state index in [2.05, 4.69) is 26.1 Å². The Bertz CT molecular complexity index is 1030. The van der Waals surface area contributed by atoms with Gasteiger partial charge in [0.1, 0.15) is 11.3 Å². The lowest BCUT2D eigenvalue weighted by molar-refractivity contribution is 0.384. The summed E-state index contributed by atoms with van der Waals surface area (Å²) in [6.07, 6.45) is 0.577. The fraction of sp³-hybridized carbons (Fsp3) is 0.158. The maximum Gasteiger partial charge on any atom is 0.238 e. The smallest absolute Gasteiger partial charge is 0.238 e. The predicted octanol–water partition coefficient (Wildman–Crippen LogP) is 5.15. The lowest BCUT2D eigenvalue weighted by atomic mass is 10.1. The molecule has 0 aliphatic heterocycles. The lowest BCUT2D eigenvalue weighted by Gasteiger charge is -1.97. The molecule has 0 bridgehead atoms. The Morgan fingerprint density at radius 1 is 1.12 bits per heavy atom. The molecular formula is C19H15BrN2O3. The molecule has 0 fully saturated rings. The van der Waals surface area contributed by atoms with Crippen LogP contribution in [0.1, 0.15) is 17.0 Å². The maximum atomic E-state index is 5.92. The molecule has 0 aliphatic rings. The Morgan fingerprint density at radius 3 is 2.68 bits per heavy atom. The zero-order valence-corrected chi connectivity index (χ0v) is 15.3. The quantitative estimate of drug-likeness (QED) is 0.475. The van der Waals surface area contributed by atoms with Crippen molar-refractivity contribution in [3.05, 3.63) is 64.0 Å². The van der Waals surface area contributed by atoms with Crippen molar-refractivity contribution in [2.75, 3.05) is 7.11 Å². The molecule has 4 aromatic rings. The van der Waals surface area contributed by atoms with Gasteiger partial charge < -0.3 is 13.7 Å². The highest BCUT2D eigenvalue weighted by Crippen LogP contribution is 2.33. The molecule has 126 valence electrons. The van der Waals surface area contributed by atoms with Gasteiger partial charge in [-0.2, -0.15) is 4.98 Å². The molecule has 0 saturated heterocycles. The van der Waals surface area contributed by atoms with Gasteiger partial charge in [-0.15, -0.1) is 0 Å². The number of ether oxygens (including phenoxy) is 1. The van der Waals surface area contributed by atoms with E-state index in [4.69, 9.17) is 13.7 Å². The average molecular weight is 399 g/mol.